The van der Waals surface area contributed by atoms with Crippen molar-refractivity contribution in [2.75, 3.05) is 5.32 Å². The number of nitrogens with one attached hydrogen (secondary N) is 2. The fraction of sp³-hybridized carbons (Fsp3) is 0.273. The number of hydrogen-bond donors (Lipinski definition) is 2. The third kappa shape index (κ3) is 4.01. The molecule has 2 N–H and O–H groups in total. The molecule has 0 bridgehead atoms. The summed E-state index contributed by atoms with van der Waals surface area (Å²) in [5, 5.41) is 9.75. The lowest BCUT2D eigenvalue weighted by Crippen LogP contribution is -2.13. The largest absolute Gasteiger partial charge is 0.326 e. The molecule has 3 aromatic rings. The van der Waals surface area contributed by atoms with Crippen molar-refractivity contribution in [2.24, 2.45) is 0 Å². The van der Waals surface area contributed by atoms with Gasteiger partial charge in [0.15, 0.2) is 11.6 Å². The molecule has 0 aliphatic heterocycles. The van der Waals surface area contributed by atoms with Crippen LogP contribution in [0.15, 0.2) is 42.5 Å². The Kier molecular flexibility index (Phi) is 5.02. The van der Waals surface area contributed by atoms with Crippen LogP contribution in [0.1, 0.15) is 46.6 Å². The number of ketones is 1. The maximum absolute atomic E-state index is 12.4. The van der Waals surface area contributed by atoms with Gasteiger partial charge in [-0.15, -0.1) is 0 Å². The Morgan fingerprint density at radius 1 is 1.04 bits per heavy atom. The second-order valence-electron chi connectivity index (χ2n) is 7.13. The molecular formula is C22H22N4O2. The van der Waals surface area contributed by atoms with E-state index >= 15 is 0 Å². The zero-order chi connectivity index (χ0) is 19.5. The van der Waals surface area contributed by atoms with Gasteiger partial charge in [-0.2, -0.15) is 5.10 Å². The molecule has 6 nitrogen and oxygen atoms in total. The molecule has 6 heteroatoms. The summed E-state index contributed by atoms with van der Waals surface area (Å²) in [5.74, 6) is 1.21. The Bertz CT molecular complexity index is 1020. The Labute approximate surface area is 163 Å². The van der Waals surface area contributed by atoms with Gasteiger partial charge in [-0.1, -0.05) is 12.1 Å². The van der Waals surface area contributed by atoms with E-state index in [4.69, 9.17) is 0 Å². The first kappa shape index (κ1) is 18.1. The average molecular weight is 374 g/mol. The monoisotopic (exact) mass is 374 g/mol. The second kappa shape index (κ2) is 7.76. The quantitative estimate of drug-likeness (QED) is 0.641. The molecule has 142 valence electrons. The second-order valence-corrected chi connectivity index (χ2v) is 7.13. The highest BCUT2D eigenvalue weighted by molar-refractivity contribution is 6.00. The molecular weight excluding hydrogens is 352 g/mol. The van der Waals surface area contributed by atoms with Crippen LogP contribution in [0.4, 0.5) is 5.69 Å². The fourth-order valence-electron chi connectivity index (χ4n) is 3.51. The summed E-state index contributed by atoms with van der Waals surface area (Å²) >= 11 is 0. The van der Waals surface area contributed by atoms with E-state index < -0.39 is 0 Å². The topological polar surface area (TPSA) is 87.7 Å². The number of anilines is 1. The molecule has 1 amide bonds. The zero-order valence-electron chi connectivity index (χ0n) is 15.8. The van der Waals surface area contributed by atoms with Gasteiger partial charge in [-0.05, 0) is 67.6 Å². The highest BCUT2D eigenvalue weighted by Crippen LogP contribution is 2.23. The average Bonchev–Trinajstić information content (AvgIpc) is 3.35. The number of benzene rings is 2. The Morgan fingerprint density at radius 2 is 1.82 bits per heavy atom. The summed E-state index contributed by atoms with van der Waals surface area (Å²) in [6.07, 6.45) is 3.67. The lowest BCUT2D eigenvalue weighted by Gasteiger charge is -2.07. The fourth-order valence-corrected chi connectivity index (χ4v) is 3.51. The van der Waals surface area contributed by atoms with Crippen molar-refractivity contribution in [3.63, 3.8) is 0 Å². The summed E-state index contributed by atoms with van der Waals surface area (Å²) in [6, 6.07) is 13.2. The molecule has 0 radical (unpaired) electrons. The number of fused-ring (bicyclic) bond motifs is 1. The van der Waals surface area contributed by atoms with E-state index in [2.05, 4.69) is 20.5 Å². The van der Waals surface area contributed by atoms with Gasteiger partial charge < -0.3 is 5.32 Å². The maximum Gasteiger partial charge on any atom is 0.224 e. The number of rotatable bonds is 6. The number of hydrogen-bond acceptors (Lipinski definition) is 4. The first-order chi connectivity index (χ1) is 13.6. The number of carbonyl (C=O) groups is 2. The molecule has 0 fully saturated rings. The van der Waals surface area contributed by atoms with E-state index in [1.54, 1.807) is 12.1 Å². The lowest BCUT2D eigenvalue weighted by atomic mass is 10.0. The van der Waals surface area contributed by atoms with Gasteiger partial charge in [0.1, 0.15) is 5.82 Å². The molecule has 0 spiro atoms. The number of aryl methyl sites for hydroxylation is 3. The number of Topliss-reactive ketones (excluding diaryl/α,β-unsaturated/α-hetero) is 1. The van der Waals surface area contributed by atoms with E-state index in [-0.39, 0.29) is 24.5 Å². The number of aromatic nitrogens is 3. The van der Waals surface area contributed by atoms with Crippen LogP contribution in [0.25, 0.3) is 11.4 Å². The Morgan fingerprint density at radius 3 is 2.57 bits per heavy atom. The van der Waals surface area contributed by atoms with Crippen LogP contribution < -0.4 is 5.32 Å². The standard InChI is InChI=1S/C22H22N4O2/c1-14-23-22(26-25-14)16-7-9-19(10-8-16)24-21(28)12-11-20(27)18-6-5-15-3-2-4-17(15)13-18/h5-10,13H,2-4,11-12H2,1H3,(H,24,28)(H,23,25,26). The van der Waals surface area contributed by atoms with Crippen LogP contribution in [-0.2, 0) is 17.6 Å². The van der Waals surface area contributed by atoms with Crippen LogP contribution in [0.5, 0.6) is 0 Å². The van der Waals surface area contributed by atoms with E-state index in [1.165, 1.54) is 11.1 Å². The summed E-state index contributed by atoms with van der Waals surface area (Å²) in [6.45, 7) is 1.84. The van der Waals surface area contributed by atoms with Gasteiger partial charge in [0, 0.05) is 29.7 Å². The lowest BCUT2D eigenvalue weighted by molar-refractivity contribution is -0.116. The molecule has 0 unspecified atom stereocenters. The van der Waals surface area contributed by atoms with Crippen molar-refractivity contribution in [1.29, 1.82) is 0 Å². The minimum absolute atomic E-state index is 0.0141. The summed E-state index contributed by atoms with van der Waals surface area (Å²) in [4.78, 5) is 28.9. The number of nitrogens with zero attached hydrogens (tertiary/aromatic N) is 2. The predicted octanol–water partition coefficient (Wildman–Crippen LogP) is 3.87. The first-order valence-corrected chi connectivity index (χ1v) is 9.53. The predicted molar refractivity (Wildman–Crippen MR) is 107 cm³/mol. The normalized spacial score (nSPS) is 12.6. The van der Waals surface area contributed by atoms with E-state index in [0.29, 0.717) is 17.1 Å². The molecule has 28 heavy (non-hydrogen) atoms. The smallest absolute Gasteiger partial charge is 0.224 e. The van der Waals surface area contributed by atoms with Gasteiger partial charge in [-0.25, -0.2) is 4.98 Å². The molecule has 1 aliphatic rings. The van der Waals surface area contributed by atoms with Crippen molar-refractivity contribution in [3.8, 4) is 11.4 Å². The van der Waals surface area contributed by atoms with Crippen molar-refractivity contribution in [1.82, 2.24) is 15.2 Å². The summed E-state index contributed by atoms with van der Waals surface area (Å²) < 4.78 is 0. The van der Waals surface area contributed by atoms with Crippen LogP contribution >= 0.6 is 0 Å². The van der Waals surface area contributed by atoms with Gasteiger partial charge in [0.2, 0.25) is 5.91 Å². The van der Waals surface area contributed by atoms with Crippen LogP contribution in [0.3, 0.4) is 0 Å². The number of amides is 1. The molecule has 1 aliphatic carbocycles. The Hall–Kier alpha value is -3.28. The van der Waals surface area contributed by atoms with E-state index in [0.717, 1.165) is 30.7 Å². The summed E-state index contributed by atoms with van der Waals surface area (Å²) in [5.41, 5.74) is 4.88. The molecule has 0 saturated heterocycles. The molecule has 1 aromatic heterocycles. The molecule has 0 saturated carbocycles. The number of carbonyl (C=O) groups excluding carboxylic acids is 2. The van der Waals surface area contributed by atoms with Crippen molar-refractivity contribution < 1.29 is 9.59 Å². The SMILES string of the molecule is Cc1nc(-c2ccc(NC(=O)CCC(=O)c3ccc4c(c3)CCC4)cc2)n[nH]1. The highest BCUT2D eigenvalue weighted by Gasteiger charge is 2.15. The Balaban J connectivity index is 1.31. The molecule has 2 aromatic carbocycles. The van der Waals surface area contributed by atoms with Gasteiger partial charge in [0.05, 0.1) is 0 Å². The maximum atomic E-state index is 12.4. The third-order valence-electron chi connectivity index (χ3n) is 5.02. The zero-order valence-corrected chi connectivity index (χ0v) is 15.8. The van der Waals surface area contributed by atoms with Crippen molar-refractivity contribution in [2.45, 2.75) is 39.0 Å². The molecule has 0 atom stereocenters. The van der Waals surface area contributed by atoms with Gasteiger partial charge >= 0.3 is 0 Å². The molecule has 4 rings (SSSR count). The first-order valence-electron chi connectivity index (χ1n) is 9.53. The molecule has 1 heterocycles. The third-order valence-corrected chi connectivity index (χ3v) is 5.02. The summed E-state index contributed by atoms with van der Waals surface area (Å²) in [7, 11) is 0. The number of H-pyrrole nitrogens is 1. The van der Waals surface area contributed by atoms with Crippen LogP contribution in [-0.4, -0.2) is 26.9 Å². The van der Waals surface area contributed by atoms with E-state index in [9.17, 15) is 9.59 Å². The van der Waals surface area contributed by atoms with Gasteiger partial charge in [-0.3, -0.25) is 14.7 Å². The van der Waals surface area contributed by atoms with E-state index in [1.807, 2.05) is 37.3 Å². The van der Waals surface area contributed by atoms with Crippen molar-refractivity contribution in [3.05, 3.63) is 65.0 Å². The van der Waals surface area contributed by atoms with Crippen LogP contribution in [0, 0.1) is 6.92 Å². The highest BCUT2D eigenvalue weighted by atomic mass is 16.2. The number of aromatic amines is 1. The van der Waals surface area contributed by atoms with Crippen LogP contribution in [0.2, 0.25) is 0 Å². The minimum Gasteiger partial charge on any atom is -0.326 e. The van der Waals surface area contributed by atoms with Gasteiger partial charge in [0.25, 0.3) is 0 Å². The minimum atomic E-state index is -0.170. The van der Waals surface area contributed by atoms with Crippen molar-refractivity contribution >= 4 is 17.4 Å².